The van der Waals surface area contributed by atoms with Gasteiger partial charge in [-0.2, -0.15) is 0 Å². The first kappa shape index (κ1) is 14.5. The van der Waals surface area contributed by atoms with Crippen LogP contribution >= 0.6 is 11.6 Å². The predicted octanol–water partition coefficient (Wildman–Crippen LogP) is 2.82. The summed E-state index contributed by atoms with van der Waals surface area (Å²) in [7, 11) is 0. The highest BCUT2D eigenvalue weighted by Crippen LogP contribution is 2.14. The van der Waals surface area contributed by atoms with Crippen LogP contribution in [0.4, 0.5) is 0 Å². The molecule has 5 nitrogen and oxygen atoms in total. The quantitative estimate of drug-likeness (QED) is 0.753. The Morgan fingerprint density at radius 3 is 2.95 bits per heavy atom. The number of aromatic nitrogens is 3. The van der Waals surface area contributed by atoms with Gasteiger partial charge in [0.15, 0.2) is 0 Å². The molecule has 0 bridgehead atoms. The molecular formula is C16H15ClN4O. The van der Waals surface area contributed by atoms with E-state index in [0.717, 1.165) is 16.9 Å². The largest absolute Gasteiger partial charge is 0.350 e. The highest BCUT2D eigenvalue weighted by molar-refractivity contribution is 6.29. The minimum absolute atomic E-state index is 0.161. The molecule has 1 amide bonds. The molecule has 0 spiro atoms. The van der Waals surface area contributed by atoms with E-state index in [1.807, 2.05) is 31.2 Å². The average molecular weight is 315 g/mol. The summed E-state index contributed by atoms with van der Waals surface area (Å²) in [6, 6.07) is 11.1. The standard InChI is InChI=1S/C16H15ClN4O/c1-11-20-13-4-2-3-5-14(13)21(11)9-8-19-16(22)12-6-7-18-15(17)10-12/h2-7,10H,8-9H2,1H3,(H,19,22). The highest BCUT2D eigenvalue weighted by Gasteiger charge is 2.08. The van der Waals surface area contributed by atoms with E-state index >= 15 is 0 Å². The van der Waals surface area contributed by atoms with Gasteiger partial charge >= 0.3 is 0 Å². The molecule has 0 atom stereocenters. The van der Waals surface area contributed by atoms with Gasteiger partial charge in [0.05, 0.1) is 11.0 Å². The van der Waals surface area contributed by atoms with Crippen LogP contribution in [0.15, 0.2) is 42.6 Å². The summed E-state index contributed by atoms with van der Waals surface area (Å²) >= 11 is 5.79. The second-order valence-corrected chi connectivity index (χ2v) is 5.31. The third-order valence-corrected chi connectivity index (χ3v) is 3.66. The number of nitrogens with one attached hydrogen (secondary N) is 1. The summed E-state index contributed by atoms with van der Waals surface area (Å²) in [5.74, 6) is 0.772. The van der Waals surface area contributed by atoms with E-state index in [9.17, 15) is 4.79 Å². The SMILES string of the molecule is Cc1nc2ccccc2n1CCNC(=O)c1ccnc(Cl)c1. The number of aryl methyl sites for hydroxylation is 1. The summed E-state index contributed by atoms with van der Waals surface area (Å²) in [4.78, 5) is 20.4. The van der Waals surface area contributed by atoms with Crippen molar-refractivity contribution < 1.29 is 4.79 Å². The third-order valence-electron chi connectivity index (χ3n) is 3.46. The molecule has 22 heavy (non-hydrogen) atoms. The van der Waals surface area contributed by atoms with Crippen molar-refractivity contribution in [3.8, 4) is 0 Å². The molecule has 0 saturated heterocycles. The molecule has 0 saturated carbocycles. The zero-order valence-electron chi connectivity index (χ0n) is 12.1. The minimum atomic E-state index is -0.161. The molecule has 112 valence electrons. The van der Waals surface area contributed by atoms with Gasteiger partial charge < -0.3 is 9.88 Å². The lowest BCUT2D eigenvalue weighted by Gasteiger charge is -2.08. The molecule has 2 heterocycles. The Balaban J connectivity index is 1.67. The number of fused-ring (bicyclic) bond motifs is 1. The zero-order chi connectivity index (χ0) is 15.5. The van der Waals surface area contributed by atoms with Crippen molar-refractivity contribution in [3.05, 3.63) is 59.1 Å². The van der Waals surface area contributed by atoms with Crippen LogP contribution in [0.5, 0.6) is 0 Å². The number of amides is 1. The smallest absolute Gasteiger partial charge is 0.251 e. The number of rotatable bonds is 4. The van der Waals surface area contributed by atoms with Gasteiger partial charge in [0, 0.05) is 24.8 Å². The monoisotopic (exact) mass is 314 g/mol. The van der Waals surface area contributed by atoms with E-state index in [0.29, 0.717) is 23.8 Å². The van der Waals surface area contributed by atoms with Gasteiger partial charge in [-0.1, -0.05) is 23.7 Å². The van der Waals surface area contributed by atoms with E-state index in [2.05, 4.69) is 19.9 Å². The van der Waals surface area contributed by atoms with Gasteiger partial charge in [-0.3, -0.25) is 4.79 Å². The van der Waals surface area contributed by atoms with Crippen LogP contribution in [0.2, 0.25) is 5.15 Å². The lowest BCUT2D eigenvalue weighted by Crippen LogP contribution is -2.27. The van der Waals surface area contributed by atoms with Gasteiger partial charge in [-0.25, -0.2) is 9.97 Å². The van der Waals surface area contributed by atoms with Crippen LogP contribution in [0.1, 0.15) is 16.2 Å². The predicted molar refractivity (Wildman–Crippen MR) is 86.1 cm³/mol. The van der Waals surface area contributed by atoms with E-state index in [1.54, 1.807) is 12.1 Å². The normalized spacial score (nSPS) is 10.8. The molecule has 1 N–H and O–H groups in total. The number of para-hydroxylation sites is 2. The van der Waals surface area contributed by atoms with Crippen molar-refractivity contribution in [1.29, 1.82) is 0 Å². The van der Waals surface area contributed by atoms with Crippen molar-refractivity contribution in [2.45, 2.75) is 13.5 Å². The van der Waals surface area contributed by atoms with Crippen molar-refractivity contribution in [2.75, 3.05) is 6.54 Å². The lowest BCUT2D eigenvalue weighted by molar-refractivity contribution is 0.0952. The fraction of sp³-hybridized carbons (Fsp3) is 0.188. The lowest BCUT2D eigenvalue weighted by atomic mass is 10.2. The number of halogens is 1. The summed E-state index contributed by atoms with van der Waals surface area (Å²) in [6.45, 7) is 3.14. The number of benzene rings is 1. The Morgan fingerprint density at radius 2 is 2.14 bits per heavy atom. The third kappa shape index (κ3) is 2.94. The molecule has 0 aliphatic carbocycles. The molecule has 1 aromatic carbocycles. The Morgan fingerprint density at radius 1 is 1.32 bits per heavy atom. The van der Waals surface area contributed by atoms with Crippen LogP contribution in [-0.2, 0) is 6.54 Å². The summed E-state index contributed by atoms with van der Waals surface area (Å²) in [5.41, 5.74) is 2.54. The molecule has 0 radical (unpaired) electrons. The fourth-order valence-electron chi connectivity index (χ4n) is 2.41. The number of imidazole rings is 1. The molecule has 3 aromatic rings. The van der Waals surface area contributed by atoms with Crippen molar-refractivity contribution in [3.63, 3.8) is 0 Å². The summed E-state index contributed by atoms with van der Waals surface area (Å²) < 4.78 is 2.09. The Kier molecular flexibility index (Phi) is 4.06. The second kappa shape index (κ2) is 6.15. The molecule has 2 aromatic heterocycles. The molecular weight excluding hydrogens is 300 g/mol. The van der Waals surface area contributed by atoms with Crippen LogP contribution < -0.4 is 5.32 Å². The van der Waals surface area contributed by atoms with Crippen LogP contribution in [0, 0.1) is 6.92 Å². The van der Waals surface area contributed by atoms with E-state index < -0.39 is 0 Å². The van der Waals surface area contributed by atoms with E-state index in [-0.39, 0.29) is 5.91 Å². The Hall–Kier alpha value is -2.40. The topological polar surface area (TPSA) is 59.8 Å². The number of hydrogen-bond donors (Lipinski definition) is 1. The molecule has 0 aliphatic heterocycles. The summed E-state index contributed by atoms with van der Waals surface area (Å²) in [6.07, 6.45) is 1.52. The van der Waals surface area contributed by atoms with Crippen molar-refractivity contribution >= 4 is 28.5 Å². The Labute approximate surface area is 133 Å². The average Bonchev–Trinajstić information content (AvgIpc) is 2.83. The molecule has 0 unspecified atom stereocenters. The second-order valence-electron chi connectivity index (χ2n) is 4.92. The van der Waals surface area contributed by atoms with Gasteiger partial charge in [0.1, 0.15) is 11.0 Å². The first-order valence-corrected chi connectivity index (χ1v) is 7.34. The van der Waals surface area contributed by atoms with E-state index in [4.69, 9.17) is 11.6 Å². The van der Waals surface area contributed by atoms with Crippen molar-refractivity contribution in [2.24, 2.45) is 0 Å². The fourth-order valence-corrected chi connectivity index (χ4v) is 2.58. The van der Waals surface area contributed by atoms with E-state index in [1.165, 1.54) is 6.20 Å². The van der Waals surface area contributed by atoms with Gasteiger partial charge in [-0.15, -0.1) is 0 Å². The maximum absolute atomic E-state index is 12.1. The zero-order valence-corrected chi connectivity index (χ0v) is 12.8. The maximum Gasteiger partial charge on any atom is 0.251 e. The van der Waals surface area contributed by atoms with Crippen LogP contribution in [-0.4, -0.2) is 27.0 Å². The number of carbonyl (C=O) groups is 1. The minimum Gasteiger partial charge on any atom is -0.350 e. The number of carbonyl (C=O) groups excluding carboxylic acids is 1. The molecule has 0 fully saturated rings. The Bertz CT molecular complexity index is 828. The highest BCUT2D eigenvalue weighted by atomic mass is 35.5. The van der Waals surface area contributed by atoms with Gasteiger partial charge in [-0.05, 0) is 31.2 Å². The summed E-state index contributed by atoms with van der Waals surface area (Å²) in [5, 5.41) is 3.19. The maximum atomic E-state index is 12.1. The molecule has 6 heteroatoms. The van der Waals surface area contributed by atoms with Gasteiger partial charge in [0.25, 0.3) is 5.91 Å². The van der Waals surface area contributed by atoms with Crippen molar-refractivity contribution in [1.82, 2.24) is 19.9 Å². The first-order valence-electron chi connectivity index (χ1n) is 6.97. The van der Waals surface area contributed by atoms with Crippen LogP contribution in [0.3, 0.4) is 0 Å². The number of nitrogens with zero attached hydrogens (tertiary/aromatic N) is 3. The first-order chi connectivity index (χ1) is 10.6. The molecule has 3 rings (SSSR count). The number of hydrogen-bond acceptors (Lipinski definition) is 3. The number of pyridine rings is 1. The molecule has 0 aliphatic rings. The van der Waals surface area contributed by atoms with Gasteiger partial charge in [0.2, 0.25) is 0 Å². The van der Waals surface area contributed by atoms with Crippen LogP contribution in [0.25, 0.3) is 11.0 Å².